The highest BCUT2D eigenvalue weighted by molar-refractivity contribution is 7.92. The molecule has 0 saturated carbocycles. The summed E-state index contributed by atoms with van der Waals surface area (Å²) in [6, 6.07) is 10.7. The normalized spacial score (nSPS) is 11.7. The molecule has 1 aromatic carbocycles. The lowest BCUT2D eigenvalue weighted by molar-refractivity contribution is 0.602. The Morgan fingerprint density at radius 2 is 2.10 bits per heavy atom. The summed E-state index contributed by atoms with van der Waals surface area (Å²) in [6.07, 6.45) is 1.52. The van der Waals surface area contributed by atoms with Crippen molar-refractivity contribution in [3.05, 3.63) is 42.7 Å². The number of rotatable bonds is 4. The van der Waals surface area contributed by atoms with Gasteiger partial charge in [0.2, 0.25) is 10.0 Å². The summed E-state index contributed by atoms with van der Waals surface area (Å²) in [7, 11) is -3.29. The lowest BCUT2D eigenvalue weighted by Gasteiger charge is -2.08. The number of aromatic nitrogens is 4. The lowest BCUT2D eigenvalue weighted by atomic mass is 10.1. The summed E-state index contributed by atoms with van der Waals surface area (Å²) in [5, 5.41) is 12.0. The number of benzene rings is 1. The van der Waals surface area contributed by atoms with Gasteiger partial charge in [0.05, 0.1) is 11.4 Å². The van der Waals surface area contributed by atoms with Crippen LogP contribution in [0.2, 0.25) is 0 Å². The molecule has 0 spiro atoms. The first-order valence-electron chi connectivity index (χ1n) is 6.35. The average molecular weight is 303 g/mol. The largest absolute Gasteiger partial charge is 0.284 e. The maximum absolute atomic E-state index is 11.6. The molecule has 3 rings (SSSR count). The van der Waals surface area contributed by atoms with Gasteiger partial charge in [-0.05, 0) is 31.2 Å². The summed E-state index contributed by atoms with van der Waals surface area (Å²) in [4.78, 5) is 0. The molecule has 0 radical (unpaired) electrons. The van der Waals surface area contributed by atoms with E-state index in [1.807, 2.05) is 12.1 Å². The summed E-state index contributed by atoms with van der Waals surface area (Å²) in [5.41, 5.74) is 2.68. The van der Waals surface area contributed by atoms with Gasteiger partial charge in [-0.25, -0.2) is 8.42 Å². The van der Waals surface area contributed by atoms with Crippen LogP contribution in [-0.4, -0.2) is 34.0 Å². The molecule has 21 heavy (non-hydrogen) atoms. The fourth-order valence-corrected chi connectivity index (χ4v) is 2.51. The molecule has 0 aliphatic carbocycles. The van der Waals surface area contributed by atoms with Gasteiger partial charge in [-0.15, -0.1) is 10.2 Å². The van der Waals surface area contributed by atoms with Crippen molar-refractivity contribution in [2.75, 3.05) is 10.5 Å². The van der Waals surface area contributed by atoms with E-state index in [-0.39, 0.29) is 5.75 Å². The highest BCUT2D eigenvalue weighted by Crippen LogP contribution is 2.21. The quantitative estimate of drug-likeness (QED) is 0.790. The Morgan fingerprint density at radius 3 is 2.90 bits per heavy atom. The standard InChI is InChI=1S/C13H13N5O2S/c1-2-21(19,20)17-11-5-3-4-10(8-11)12-6-7-13-15-14-9-18(13)16-12/h3-9,17H,2H2,1H3. The van der Waals surface area contributed by atoms with E-state index < -0.39 is 10.0 Å². The lowest BCUT2D eigenvalue weighted by Crippen LogP contribution is -2.14. The molecular formula is C13H13N5O2S. The van der Waals surface area contributed by atoms with E-state index in [0.717, 1.165) is 5.56 Å². The minimum atomic E-state index is -3.29. The highest BCUT2D eigenvalue weighted by Gasteiger charge is 2.08. The van der Waals surface area contributed by atoms with E-state index >= 15 is 0 Å². The van der Waals surface area contributed by atoms with Crippen LogP contribution >= 0.6 is 0 Å². The van der Waals surface area contributed by atoms with Crippen molar-refractivity contribution in [3.8, 4) is 11.3 Å². The minimum absolute atomic E-state index is 0.0299. The van der Waals surface area contributed by atoms with E-state index in [1.54, 1.807) is 35.7 Å². The minimum Gasteiger partial charge on any atom is -0.284 e. The van der Waals surface area contributed by atoms with Crippen molar-refractivity contribution in [1.82, 2.24) is 19.8 Å². The SMILES string of the molecule is CCS(=O)(=O)Nc1cccc(-c2ccc3nncn3n2)c1. The third-order valence-corrected chi connectivity index (χ3v) is 4.28. The molecule has 1 N–H and O–H groups in total. The van der Waals surface area contributed by atoms with E-state index in [2.05, 4.69) is 20.0 Å². The van der Waals surface area contributed by atoms with Crippen LogP contribution in [0.25, 0.3) is 16.9 Å². The van der Waals surface area contributed by atoms with Crippen molar-refractivity contribution in [3.63, 3.8) is 0 Å². The second-order valence-electron chi connectivity index (χ2n) is 4.44. The summed E-state index contributed by atoms with van der Waals surface area (Å²) < 4.78 is 27.3. The Kier molecular flexibility index (Phi) is 3.30. The van der Waals surface area contributed by atoms with Crippen molar-refractivity contribution in [2.24, 2.45) is 0 Å². The molecule has 8 heteroatoms. The number of hydrogen-bond acceptors (Lipinski definition) is 5. The molecule has 0 atom stereocenters. The fourth-order valence-electron chi connectivity index (χ4n) is 1.88. The molecule has 2 heterocycles. The van der Waals surface area contributed by atoms with Crippen molar-refractivity contribution in [2.45, 2.75) is 6.92 Å². The van der Waals surface area contributed by atoms with Gasteiger partial charge in [-0.3, -0.25) is 4.72 Å². The number of anilines is 1. The summed E-state index contributed by atoms with van der Waals surface area (Å²) in [5.74, 6) is 0.0299. The van der Waals surface area contributed by atoms with Crippen molar-refractivity contribution in [1.29, 1.82) is 0 Å². The molecule has 0 aliphatic rings. The predicted molar refractivity (Wildman–Crippen MR) is 79.3 cm³/mol. The van der Waals surface area contributed by atoms with E-state index in [4.69, 9.17) is 0 Å². The van der Waals surface area contributed by atoms with Crippen LogP contribution in [0.5, 0.6) is 0 Å². The van der Waals surface area contributed by atoms with E-state index in [9.17, 15) is 8.42 Å². The van der Waals surface area contributed by atoms with Gasteiger partial charge >= 0.3 is 0 Å². The fraction of sp³-hybridized carbons (Fsp3) is 0.154. The molecule has 0 saturated heterocycles. The van der Waals surface area contributed by atoms with Gasteiger partial charge < -0.3 is 0 Å². The van der Waals surface area contributed by atoms with Crippen molar-refractivity contribution >= 4 is 21.4 Å². The Bertz CT molecular complexity index is 888. The maximum Gasteiger partial charge on any atom is 0.232 e. The molecule has 108 valence electrons. The van der Waals surface area contributed by atoms with Gasteiger partial charge in [0.15, 0.2) is 5.65 Å². The predicted octanol–water partition coefficient (Wildman–Crippen LogP) is 1.55. The van der Waals surface area contributed by atoms with E-state index in [1.165, 1.54) is 6.33 Å². The zero-order chi connectivity index (χ0) is 14.9. The average Bonchev–Trinajstić information content (AvgIpc) is 2.94. The Labute approximate surface area is 121 Å². The van der Waals surface area contributed by atoms with Gasteiger partial charge in [0.25, 0.3) is 0 Å². The molecule has 7 nitrogen and oxygen atoms in total. The summed E-state index contributed by atoms with van der Waals surface area (Å²) in [6.45, 7) is 1.59. The molecule has 3 aromatic rings. The first-order chi connectivity index (χ1) is 10.1. The van der Waals surface area contributed by atoms with Gasteiger partial charge in [0, 0.05) is 11.3 Å². The van der Waals surface area contributed by atoms with E-state index in [0.29, 0.717) is 17.0 Å². The third kappa shape index (κ3) is 2.84. The second kappa shape index (κ2) is 5.13. The first kappa shape index (κ1) is 13.5. The van der Waals surface area contributed by atoms with Crippen LogP contribution < -0.4 is 4.72 Å². The number of nitrogens with one attached hydrogen (secondary N) is 1. The molecular weight excluding hydrogens is 290 g/mol. The molecule has 0 unspecified atom stereocenters. The zero-order valence-electron chi connectivity index (χ0n) is 11.3. The third-order valence-electron chi connectivity index (χ3n) is 2.97. The van der Waals surface area contributed by atoms with Crippen LogP contribution in [0.4, 0.5) is 5.69 Å². The Balaban J connectivity index is 1.98. The second-order valence-corrected chi connectivity index (χ2v) is 6.45. The Hall–Kier alpha value is -2.48. The topological polar surface area (TPSA) is 89.2 Å². The molecule has 0 fully saturated rings. The van der Waals surface area contributed by atoms with Crippen LogP contribution in [0.1, 0.15) is 6.92 Å². The first-order valence-corrected chi connectivity index (χ1v) is 8.00. The maximum atomic E-state index is 11.6. The van der Waals surface area contributed by atoms with Crippen LogP contribution in [-0.2, 0) is 10.0 Å². The molecule has 2 aromatic heterocycles. The monoisotopic (exact) mass is 303 g/mol. The Morgan fingerprint density at radius 1 is 1.24 bits per heavy atom. The summed E-state index contributed by atoms with van der Waals surface area (Å²) >= 11 is 0. The molecule has 0 bridgehead atoms. The number of fused-ring (bicyclic) bond motifs is 1. The smallest absolute Gasteiger partial charge is 0.232 e. The highest BCUT2D eigenvalue weighted by atomic mass is 32.2. The van der Waals surface area contributed by atoms with Crippen LogP contribution in [0, 0.1) is 0 Å². The van der Waals surface area contributed by atoms with Gasteiger partial charge in [-0.2, -0.15) is 9.61 Å². The zero-order valence-corrected chi connectivity index (χ0v) is 12.1. The number of hydrogen-bond donors (Lipinski definition) is 1. The van der Waals surface area contributed by atoms with Gasteiger partial charge in [-0.1, -0.05) is 12.1 Å². The number of nitrogens with zero attached hydrogens (tertiary/aromatic N) is 4. The number of sulfonamides is 1. The van der Waals surface area contributed by atoms with Crippen LogP contribution in [0.15, 0.2) is 42.7 Å². The van der Waals surface area contributed by atoms with Gasteiger partial charge in [0.1, 0.15) is 6.33 Å². The molecule has 0 aliphatic heterocycles. The molecule has 0 amide bonds. The van der Waals surface area contributed by atoms with Crippen molar-refractivity contribution < 1.29 is 8.42 Å². The van der Waals surface area contributed by atoms with Crippen LogP contribution in [0.3, 0.4) is 0 Å².